The van der Waals surface area contributed by atoms with Crippen LogP contribution >= 0.6 is 0 Å². The van der Waals surface area contributed by atoms with Crippen molar-refractivity contribution in [1.82, 2.24) is 5.32 Å². The van der Waals surface area contributed by atoms with E-state index in [4.69, 9.17) is 0 Å². The lowest BCUT2D eigenvalue weighted by molar-refractivity contribution is -0.120. The normalized spacial score (nSPS) is 19.9. The van der Waals surface area contributed by atoms with Crippen molar-refractivity contribution in [1.29, 1.82) is 0 Å². The molecule has 1 aliphatic heterocycles. The summed E-state index contributed by atoms with van der Waals surface area (Å²) < 4.78 is 0. The summed E-state index contributed by atoms with van der Waals surface area (Å²) in [4.78, 5) is 15.7. The summed E-state index contributed by atoms with van der Waals surface area (Å²) in [5.74, 6) is 0.821. The molecule has 0 saturated heterocycles. The molecule has 0 aliphatic carbocycles. The average molecular weight is 202 g/mol. The number of benzene rings is 1. The summed E-state index contributed by atoms with van der Waals surface area (Å²) in [6.45, 7) is 1.97. The van der Waals surface area contributed by atoms with Crippen LogP contribution in [0.25, 0.3) is 0 Å². The fraction of sp³-hybridized carbons (Fsp3) is 0.333. The highest BCUT2D eigenvalue weighted by Crippen LogP contribution is 2.08. The molecule has 1 unspecified atom stereocenters. The molecule has 0 bridgehead atoms. The quantitative estimate of drug-likeness (QED) is 0.793. The number of amides is 1. The van der Waals surface area contributed by atoms with E-state index in [1.54, 1.807) is 0 Å². The van der Waals surface area contributed by atoms with Gasteiger partial charge < -0.3 is 5.32 Å². The Morgan fingerprint density at radius 1 is 1.33 bits per heavy atom. The van der Waals surface area contributed by atoms with Gasteiger partial charge in [0.1, 0.15) is 11.9 Å². The van der Waals surface area contributed by atoms with Crippen molar-refractivity contribution in [3.05, 3.63) is 35.9 Å². The van der Waals surface area contributed by atoms with Gasteiger partial charge in [0.2, 0.25) is 5.91 Å². The summed E-state index contributed by atoms with van der Waals surface area (Å²) in [5, 5.41) is 2.81. The highest BCUT2D eigenvalue weighted by Gasteiger charge is 2.23. The van der Waals surface area contributed by atoms with E-state index in [0.717, 1.165) is 12.3 Å². The van der Waals surface area contributed by atoms with Gasteiger partial charge in [0, 0.05) is 6.42 Å². The van der Waals surface area contributed by atoms with Crippen molar-refractivity contribution < 1.29 is 4.79 Å². The molecule has 1 N–H and O–H groups in total. The predicted molar refractivity (Wildman–Crippen MR) is 59.8 cm³/mol. The van der Waals surface area contributed by atoms with E-state index in [0.29, 0.717) is 6.42 Å². The lowest BCUT2D eigenvalue weighted by atomic mass is 10.1. The number of carbonyl (C=O) groups is 1. The van der Waals surface area contributed by atoms with Crippen LogP contribution in [0.3, 0.4) is 0 Å². The summed E-state index contributed by atoms with van der Waals surface area (Å²) >= 11 is 0. The zero-order valence-electron chi connectivity index (χ0n) is 8.73. The molecule has 1 heterocycles. The van der Waals surface area contributed by atoms with Crippen molar-refractivity contribution in [3.63, 3.8) is 0 Å². The van der Waals surface area contributed by atoms with E-state index < -0.39 is 0 Å². The highest BCUT2D eigenvalue weighted by molar-refractivity contribution is 6.06. The summed E-state index contributed by atoms with van der Waals surface area (Å²) in [7, 11) is 0. The van der Waals surface area contributed by atoms with Crippen molar-refractivity contribution >= 4 is 11.7 Å². The Balaban J connectivity index is 2.06. The van der Waals surface area contributed by atoms with Gasteiger partial charge >= 0.3 is 0 Å². The van der Waals surface area contributed by atoms with E-state index >= 15 is 0 Å². The van der Waals surface area contributed by atoms with Gasteiger partial charge in [-0.1, -0.05) is 37.3 Å². The zero-order chi connectivity index (χ0) is 10.7. The molecular formula is C12H14N2O. The first-order chi connectivity index (χ1) is 7.29. The van der Waals surface area contributed by atoms with E-state index in [1.165, 1.54) is 5.56 Å². The minimum atomic E-state index is -0.177. The van der Waals surface area contributed by atoms with Gasteiger partial charge in [0.25, 0.3) is 0 Å². The Morgan fingerprint density at radius 3 is 2.67 bits per heavy atom. The number of amidine groups is 1. The standard InChI is InChI=1S/C12H14N2O/c1-2-10-12(15)14-11(13-10)8-9-6-4-3-5-7-9/h3-7,10H,2,8H2,1H3,(H,13,14,15). The molecule has 3 heteroatoms. The molecule has 15 heavy (non-hydrogen) atoms. The van der Waals surface area contributed by atoms with Gasteiger partial charge in [-0.25, -0.2) is 0 Å². The molecule has 1 aromatic rings. The molecule has 1 aliphatic rings. The van der Waals surface area contributed by atoms with Crippen LogP contribution in [-0.4, -0.2) is 17.8 Å². The third-order valence-corrected chi connectivity index (χ3v) is 2.48. The van der Waals surface area contributed by atoms with Gasteiger partial charge in [-0.2, -0.15) is 0 Å². The number of carbonyl (C=O) groups excluding carboxylic acids is 1. The fourth-order valence-corrected chi connectivity index (χ4v) is 1.66. The van der Waals surface area contributed by atoms with Gasteiger partial charge in [-0.05, 0) is 12.0 Å². The van der Waals surface area contributed by atoms with Crippen molar-refractivity contribution in [2.24, 2.45) is 4.99 Å². The molecule has 0 spiro atoms. The van der Waals surface area contributed by atoms with Crippen LogP contribution in [0, 0.1) is 0 Å². The Bertz CT molecular complexity index is 384. The topological polar surface area (TPSA) is 41.5 Å². The molecule has 1 aromatic carbocycles. The molecule has 2 rings (SSSR count). The second kappa shape index (κ2) is 4.26. The van der Waals surface area contributed by atoms with Crippen LogP contribution < -0.4 is 5.32 Å². The number of nitrogens with zero attached hydrogens (tertiary/aromatic N) is 1. The maximum absolute atomic E-state index is 11.4. The highest BCUT2D eigenvalue weighted by atomic mass is 16.2. The third-order valence-electron chi connectivity index (χ3n) is 2.48. The van der Waals surface area contributed by atoms with E-state index in [9.17, 15) is 4.79 Å². The second-order valence-electron chi connectivity index (χ2n) is 3.65. The molecule has 0 saturated carbocycles. The summed E-state index contributed by atoms with van der Waals surface area (Å²) in [6, 6.07) is 9.85. The maximum Gasteiger partial charge on any atom is 0.250 e. The Labute approximate surface area is 89.2 Å². The number of rotatable bonds is 3. The van der Waals surface area contributed by atoms with Gasteiger partial charge in [-0.3, -0.25) is 9.79 Å². The zero-order valence-corrected chi connectivity index (χ0v) is 8.73. The first-order valence-corrected chi connectivity index (χ1v) is 5.21. The third kappa shape index (κ3) is 2.24. The van der Waals surface area contributed by atoms with Gasteiger partial charge in [0.05, 0.1) is 0 Å². The smallest absolute Gasteiger partial charge is 0.250 e. The molecule has 78 valence electrons. The van der Waals surface area contributed by atoms with E-state index in [2.05, 4.69) is 10.3 Å². The minimum absolute atomic E-state index is 0.0310. The summed E-state index contributed by atoms with van der Waals surface area (Å²) in [5.41, 5.74) is 1.17. The van der Waals surface area contributed by atoms with E-state index in [-0.39, 0.29) is 11.9 Å². The number of hydrogen-bond acceptors (Lipinski definition) is 2. The van der Waals surface area contributed by atoms with Crippen molar-refractivity contribution in [2.75, 3.05) is 0 Å². The summed E-state index contributed by atoms with van der Waals surface area (Å²) in [6.07, 6.45) is 1.48. The largest absolute Gasteiger partial charge is 0.312 e. The molecular weight excluding hydrogens is 188 g/mol. The average Bonchev–Trinajstić information content (AvgIpc) is 2.60. The fourth-order valence-electron chi connectivity index (χ4n) is 1.66. The van der Waals surface area contributed by atoms with Crippen LogP contribution in [0.2, 0.25) is 0 Å². The van der Waals surface area contributed by atoms with Crippen molar-refractivity contribution in [3.8, 4) is 0 Å². The van der Waals surface area contributed by atoms with Gasteiger partial charge in [0.15, 0.2) is 0 Å². The molecule has 1 atom stereocenters. The number of hydrogen-bond donors (Lipinski definition) is 1. The minimum Gasteiger partial charge on any atom is -0.312 e. The lowest BCUT2D eigenvalue weighted by Crippen LogP contribution is -2.29. The van der Waals surface area contributed by atoms with Gasteiger partial charge in [-0.15, -0.1) is 0 Å². The van der Waals surface area contributed by atoms with Crippen LogP contribution in [0.4, 0.5) is 0 Å². The first kappa shape index (κ1) is 9.90. The number of aliphatic imine (C=N–C) groups is 1. The monoisotopic (exact) mass is 202 g/mol. The second-order valence-corrected chi connectivity index (χ2v) is 3.65. The van der Waals surface area contributed by atoms with Crippen LogP contribution in [0.5, 0.6) is 0 Å². The number of nitrogens with one attached hydrogen (secondary N) is 1. The van der Waals surface area contributed by atoms with E-state index in [1.807, 2.05) is 37.3 Å². The Kier molecular flexibility index (Phi) is 2.81. The van der Waals surface area contributed by atoms with Crippen LogP contribution in [0.1, 0.15) is 18.9 Å². The Morgan fingerprint density at radius 2 is 2.07 bits per heavy atom. The molecule has 1 amide bonds. The lowest BCUT2D eigenvalue weighted by Gasteiger charge is -2.00. The molecule has 0 fully saturated rings. The molecule has 0 aromatic heterocycles. The Hall–Kier alpha value is -1.64. The first-order valence-electron chi connectivity index (χ1n) is 5.21. The maximum atomic E-state index is 11.4. The van der Waals surface area contributed by atoms with Crippen LogP contribution in [-0.2, 0) is 11.2 Å². The molecule has 0 radical (unpaired) electrons. The SMILES string of the molecule is CCC1N=C(Cc2ccccc2)NC1=O. The van der Waals surface area contributed by atoms with Crippen LogP contribution in [0.15, 0.2) is 35.3 Å². The predicted octanol–water partition coefficient (Wildman–Crippen LogP) is 1.54. The van der Waals surface area contributed by atoms with Crippen molar-refractivity contribution in [2.45, 2.75) is 25.8 Å². The molecule has 3 nitrogen and oxygen atoms in total.